The lowest BCUT2D eigenvalue weighted by molar-refractivity contribution is -0.130. The summed E-state index contributed by atoms with van der Waals surface area (Å²) in [7, 11) is 9.02. The number of hydrogen-bond acceptors (Lipinski definition) is 7. The third-order valence-electron chi connectivity index (χ3n) is 8.88. The summed E-state index contributed by atoms with van der Waals surface area (Å²) in [5, 5.41) is 12.8. The van der Waals surface area contributed by atoms with Crippen molar-refractivity contribution < 1.29 is 14.4 Å². The number of nitrogens with one attached hydrogen (secondary N) is 3. The van der Waals surface area contributed by atoms with Crippen LogP contribution in [-0.2, 0) is 27.8 Å². The van der Waals surface area contributed by atoms with Crippen molar-refractivity contribution >= 4 is 23.4 Å². The third-order valence-corrected chi connectivity index (χ3v) is 8.88. The molecule has 1 heterocycles. The molecule has 2 aromatic carbocycles. The molecule has 3 amide bonds. The van der Waals surface area contributed by atoms with E-state index in [2.05, 4.69) is 34.9 Å². The molecule has 4 rings (SSSR count). The first kappa shape index (κ1) is 32.7. The van der Waals surface area contributed by atoms with Crippen molar-refractivity contribution in [1.29, 1.82) is 5.26 Å². The molecular formula is C34H45N7O3. The molecule has 1 aliphatic heterocycles. The lowest BCUT2D eigenvalue weighted by Crippen LogP contribution is -2.53. The monoisotopic (exact) mass is 599 g/mol. The second kappa shape index (κ2) is 13.6. The van der Waals surface area contributed by atoms with Gasteiger partial charge in [-0.25, -0.2) is 5.43 Å². The van der Waals surface area contributed by atoms with Crippen LogP contribution in [0.2, 0.25) is 0 Å². The number of nitrogens with zero attached hydrogens (tertiary/aromatic N) is 4. The van der Waals surface area contributed by atoms with Gasteiger partial charge in [0.2, 0.25) is 11.8 Å². The van der Waals surface area contributed by atoms with Crippen molar-refractivity contribution in [3.8, 4) is 6.07 Å². The second-order valence-electron chi connectivity index (χ2n) is 12.3. The van der Waals surface area contributed by atoms with Gasteiger partial charge in [0, 0.05) is 59.1 Å². The minimum atomic E-state index is -1.14. The van der Waals surface area contributed by atoms with Crippen LogP contribution in [0.4, 0.5) is 0 Å². The molecule has 3 atom stereocenters. The summed E-state index contributed by atoms with van der Waals surface area (Å²) in [5.41, 5.74) is 10.7. The van der Waals surface area contributed by atoms with Crippen LogP contribution >= 0.6 is 0 Å². The molecule has 44 heavy (non-hydrogen) atoms. The summed E-state index contributed by atoms with van der Waals surface area (Å²) in [6, 6.07) is 13.4. The summed E-state index contributed by atoms with van der Waals surface area (Å²) in [6.45, 7) is 6.87. The molecule has 1 aliphatic carbocycles. The van der Waals surface area contributed by atoms with Crippen molar-refractivity contribution in [3.63, 3.8) is 0 Å². The molecule has 10 heteroatoms. The highest BCUT2D eigenvalue weighted by Gasteiger charge is 2.47. The Morgan fingerprint density at radius 2 is 1.66 bits per heavy atom. The average molecular weight is 600 g/mol. The number of carbonyl (C=O) groups excluding carboxylic acids is 3. The van der Waals surface area contributed by atoms with Crippen molar-refractivity contribution in [2.75, 3.05) is 48.3 Å². The molecule has 3 N–H and O–H groups in total. The van der Waals surface area contributed by atoms with Gasteiger partial charge in [0.15, 0.2) is 0 Å². The second-order valence-corrected chi connectivity index (χ2v) is 12.3. The predicted octanol–water partition coefficient (Wildman–Crippen LogP) is 2.44. The molecule has 2 aliphatic rings. The van der Waals surface area contributed by atoms with E-state index in [4.69, 9.17) is 0 Å². The Hall–Kier alpha value is -4.20. The Morgan fingerprint density at radius 1 is 1.05 bits per heavy atom. The number of benzene rings is 2. The van der Waals surface area contributed by atoms with Gasteiger partial charge < -0.3 is 20.0 Å². The first-order chi connectivity index (χ1) is 20.9. The zero-order valence-corrected chi connectivity index (χ0v) is 26.8. The van der Waals surface area contributed by atoms with Crippen molar-refractivity contribution in [1.82, 2.24) is 30.9 Å². The van der Waals surface area contributed by atoms with Gasteiger partial charge >= 0.3 is 0 Å². The molecule has 0 spiro atoms. The zero-order chi connectivity index (χ0) is 32.2. The molecule has 0 bridgehead atoms. The average Bonchev–Trinajstić information content (AvgIpc) is 3.45. The van der Waals surface area contributed by atoms with E-state index in [1.807, 2.05) is 50.2 Å². The van der Waals surface area contributed by atoms with E-state index in [1.54, 1.807) is 37.0 Å². The number of hydrogen-bond donors (Lipinski definition) is 3. The number of nitriles is 1. The molecule has 1 fully saturated rings. The highest BCUT2D eigenvalue weighted by atomic mass is 16.2. The molecule has 10 nitrogen and oxygen atoms in total. The fourth-order valence-electron chi connectivity index (χ4n) is 6.55. The fourth-order valence-corrected chi connectivity index (χ4v) is 6.55. The van der Waals surface area contributed by atoms with Crippen molar-refractivity contribution in [3.05, 3.63) is 76.4 Å². The maximum absolute atomic E-state index is 14.4. The number of carbonyl (C=O) groups is 3. The minimum absolute atomic E-state index is 0.0701. The van der Waals surface area contributed by atoms with Gasteiger partial charge in [-0.05, 0) is 85.0 Å². The molecule has 2 unspecified atom stereocenters. The van der Waals surface area contributed by atoms with Crippen LogP contribution in [0.1, 0.15) is 64.4 Å². The number of likely N-dealkylation sites (tertiary alicyclic amines) is 1. The number of amides is 3. The fraction of sp³-hybridized carbons (Fsp3) is 0.471. The smallest absolute Gasteiger partial charge is 0.253 e. The number of rotatable bonds is 10. The van der Waals surface area contributed by atoms with Gasteiger partial charge in [0.05, 0.1) is 12.6 Å². The molecular weight excluding hydrogens is 554 g/mol. The minimum Gasteiger partial charge on any atom is -0.378 e. The number of hydrazine groups is 1. The summed E-state index contributed by atoms with van der Waals surface area (Å²) in [4.78, 5) is 45.6. The quantitative estimate of drug-likeness (QED) is 0.359. The van der Waals surface area contributed by atoms with Crippen LogP contribution < -0.4 is 16.2 Å². The van der Waals surface area contributed by atoms with E-state index in [9.17, 15) is 19.6 Å². The van der Waals surface area contributed by atoms with Crippen LogP contribution in [0.25, 0.3) is 5.70 Å². The summed E-state index contributed by atoms with van der Waals surface area (Å²) in [6.07, 6.45) is 3.19. The highest BCUT2D eigenvalue weighted by Crippen LogP contribution is 2.44. The van der Waals surface area contributed by atoms with Gasteiger partial charge in [-0.3, -0.25) is 19.8 Å². The van der Waals surface area contributed by atoms with E-state index in [-0.39, 0.29) is 30.3 Å². The van der Waals surface area contributed by atoms with E-state index in [0.29, 0.717) is 37.8 Å². The first-order valence-electron chi connectivity index (χ1n) is 15.2. The summed E-state index contributed by atoms with van der Waals surface area (Å²) in [5.74, 6) is -0.440. The van der Waals surface area contributed by atoms with Gasteiger partial charge in [0.25, 0.3) is 5.91 Å². The van der Waals surface area contributed by atoms with Gasteiger partial charge in [-0.2, -0.15) is 5.26 Å². The van der Waals surface area contributed by atoms with E-state index < -0.39 is 11.5 Å². The lowest BCUT2D eigenvalue weighted by atomic mass is 9.67. The number of aryl methyl sites for hydroxylation is 2. The highest BCUT2D eigenvalue weighted by molar-refractivity contribution is 5.96. The Bertz CT molecular complexity index is 1400. The first-order valence-corrected chi connectivity index (χ1v) is 15.2. The topological polar surface area (TPSA) is 121 Å². The van der Waals surface area contributed by atoms with E-state index >= 15 is 0 Å². The van der Waals surface area contributed by atoms with Crippen LogP contribution in [0.5, 0.6) is 0 Å². The SMILES string of the molecule is C=C(c1ccc2c(c1)CCc1cc(C(=O)N(C)C)ccc1C2(C[C@H](C)NCC(=O)N1CCCC1C#N)C(=O)NNC)N(C)C. The summed E-state index contributed by atoms with van der Waals surface area (Å²) < 4.78 is 0. The Balaban J connectivity index is 1.82. The van der Waals surface area contributed by atoms with Crippen LogP contribution in [0.15, 0.2) is 43.0 Å². The van der Waals surface area contributed by atoms with Crippen LogP contribution in [0.3, 0.4) is 0 Å². The predicted molar refractivity (Wildman–Crippen MR) is 171 cm³/mol. The van der Waals surface area contributed by atoms with Crippen molar-refractivity contribution in [2.24, 2.45) is 0 Å². The Labute approximate surface area is 261 Å². The molecule has 0 radical (unpaired) electrons. The van der Waals surface area contributed by atoms with Crippen LogP contribution in [-0.4, -0.2) is 92.8 Å². The lowest BCUT2D eigenvalue weighted by Gasteiger charge is -2.37. The van der Waals surface area contributed by atoms with Gasteiger partial charge in [-0.15, -0.1) is 0 Å². The maximum atomic E-state index is 14.4. The van der Waals surface area contributed by atoms with E-state index in [1.165, 1.54) is 0 Å². The molecule has 2 aromatic rings. The van der Waals surface area contributed by atoms with Crippen LogP contribution in [0, 0.1) is 11.3 Å². The molecule has 234 valence electrons. The normalized spacial score (nSPS) is 19.6. The maximum Gasteiger partial charge on any atom is 0.253 e. The summed E-state index contributed by atoms with van der Waals surface area (Å²) >= 11 is 0. The number of fused-ring (bicyclic) bond motifs is 2. The molecule has 1 saturated heterocycles. The third kappa shape index (κ3) is 6.35. The Morgan fingerprint density at radius 3 is 2.23 bits per heavy atom. The molecule has 0 saturated carbocycles. The zero-order valence-electron chi connectivity index (χ0n) is 26.8. The van der Waals surface area contributed by atoms with Gasteiger partial charge in [0.1, 0.15) is 11.5 Å². The Kier molecular flexibility index (Phi) is 10.1. The standard InChI is InChI=1S/C34H45N7O3/c1-22(37-21-31(42)41-16-8-9-28(41)20-35)19-34(33(44)38-36-3)29-14-12-24(23(2)39(4)5)17-25(29)10-11-26-18-27(13-15-30(26)34)32(43)40(6)7/h12-15,17-18,22,28,36-37H,2,8-11,16,19,21H2,1,3-7H3,(H,38,44)/t22-,28?,34?/m0/s1. The van der Waals surface area contributed by atoms with E-state index in [0.717, 1.165) is 39.9 Å². The largest absolute Gasteiger partial charge is 0.378 e. The molecule has 0 aromatic heterocycles. The van der Waals surface area contributed by atoms with Gasteiger partial charge in [-0.1, -0.05) is 24.8 Å². The van der Waals surface area contributed by atoms with Crippen molar-refractivity contribution in [2.45, 2.75) is 56.5 Å².